The third kappa shape index (κ3) is 2.39. The first-order chi connectivity index (χ1) is 10.0. The zero-order valence-corrected chi connectivity index (χ0v) is 13.5. The summed E-state index contributed by atoms with van der Waals surface area (Å²) in [5, 5.41) is 0. The molecule has 1 heterocycles. The molecule has 0 aromatic heterocycles. The van der Waals surface area contributed by atoms with Gasteiger partial charge in [0.15, 0.2) is 0 Å². The normalized spacial score (nSPS) is 44.3. The quantitative estimate of drug-likeness (QED) is 0.816. The summed E-state index contributed by atoms with van der Waals surface area (Å²) < 4.78 is 0. The molecule has 5 rings (SSSR count). The van der Waals surface area contributed by atoms with Crippen molar-refractivity contribution in [2.75, 3.05) is 6.54 Å². The van der Waals surface area contributed by atoms with Gasteiger partial charge in [0.25, 0.3) is 0 Å². The Morgan fingerprint density at radius 2 is 1.71 bits per heavy atom. The minimum absolute atomic E-state index is 0.0291. The number of rotatable bonds is 3. The molecule has 116 valence electrons. The lowest BCUT2D eigenvalue weighted by molar-refractivity contribution is -0.139. The second-order valence-electron chi connectivity index (χ2n) is 8.24. The van der Waals surface area contributed by atoms with E-state index in [-0.39, 0.29) is 6.04 Å². The molecule has 5 aliphatic rings. The smallest absolute Gasteiger partial charge is 0.223 e. The highest BCUT2D eigenvalue weighted by atomic mass is 32.1. The van der Waals surface area contributed by atoms with Gasteiger partial charge in [0.05, 0.1) is 11.0 Å². The summed E-state index contributed by atoms with van der Waals surface area (Å²) in [6, 6.07) is 0.0291. The van der Waals surface area contributed by atoms with Crippen molar-refractivity contribution >= 4 is 23.1 Å². The lowest BCUT2D eigenvalue weighted by atomic mass is 9.49. The first-order valence-electron chi connectivity index (χ1n) is 8.63. The molecule has 1 aliphatic heterocycles. The van der Waals surface area contributed by atoms with Crippen molar-refractivity contribution in [1.82, 2.24) is 4.90 Å². The highest BCUT2D eigenvalue weighted by molar-refractivity contribution is 7.80. The molecule has 1 amide bonds. The predicted octanol–water partition coefficient (Wildman–Crippen LogP) is 2.87. The Kier molecular flexibility index (Phi) is 3.29. The Labute approximate surface area is 132 Å². The molecule has 0 aromatic carbocycles. The second-order valence-corrected chi connectivity index (χ2v) is 8.71. The van der Waals surface area contributed by atoms with Gasteiger partial charge in [-0.25, -0.2) is 0 Å². The summed E-state index contributed by atoms with van der Waals surface area (Å²) in [6.07, 6.45) is 11.0. The Morgan fingerprint density at radius 1 is 1.14 bits per heavy atom. The highest BCUT2D eigenvalue weighted by Crippen LogP contribution is 2.61. The van der Waals surface area contributed by atoms with Gasteiger partial charge >= 0.3 is 0 Å². The molecule has 3 nitrogen and oxygen atoms in total. The largest absolute Gasteiger partial charge is 0.392 e. The summed E-state index contributed by atoms with van der Waals surface area (Å²) in [5.74, 6) is 3.06. The predicted molar refractivity (Wildman–Crippen MR) is 86.7 cm³/mol. The van der Waals surface area contributed by atoms with Crippen molar-refractivity contribution in [3.05, 3.63) is 0 Å². The van der Waals surface area contributed by atoms with Gasteiger partial charge in [-0.05, 0) is 74.5 Å². The van der Waals surface area contributed by atoms with Gasteiger partial charge in [-0.15, -0.1) is 0 Å². The lowest BCUT2D eigenvalue weighted by Gasteiger charge is -2.57. The number of likely N-dealkylation sites (tertiary alicyclic amines) is 1. The number of nitrogens with two attached hydrogens (primary N) is 1. The molecule has 0 radical (unpaired) electrons. The van der Waals surface area contributed by atoms with Gasteiger partial charge < -0.3 is 10.6 Å². The maximum Gasteiger partial charge on any atom is 0.223 e. The molecule has 2 N–H and O–H groups in total. The van der Waals surface area contributed by atoms with Gasteiger partial charge in [-0.1, -0.05) is 12.2 Å². The molecule has 4 heteroatoms. The molecule has 0 aromatic rings. The van der Waals surface area contributed by atoms with Crippen LogP contribution in [0.15, 0.2) is 0 Å². The van der Waals surface area contributed by atoms with Crippen LogP contribution in [0.25, 0.3) is 0 Å². The molecular weight excluding hydrogens is 280 g/mol. The fourth-order valence-corrected chi connectivity index (χ4v) is 6.53. The Balaban J connectivity index is 1.48. The van der Waals surface area contributed by atoms with E-state index < -0.39 is 0 Å². The molecular formula is C17H26N2OS. The van der Waals surface area contributed by atoms with E-state index in [0.29, 0.717) is 16.3 Å². The van der Waals surface area contributed by atoms with Crippen molar-refractivity contribution in [3.8, 4) is 0 Å². The molecule has 4 bridgehead atoms. The van der Waals surface area contributed by atoms with Crippen LogP contribution in [-0.4, -0.2) is 28.4 Å². The number of nitrogens with zero attached hydrogens (tertiary/aromatic N) is 1. The number of carbonyl (C=O) groups excluding carboxylic acids is 1. The minimum Gasteiger partial charge on any atom is -0.392 e. The summed E-state index contributed by atoms with van der Waals surface area (Å²) in [4.78, 5) is 15.3. The fraction of sp³-hybridized carbons (Fsp3) is 0.882. The number of amides is 1. The summed E-state index contributed by atoms with van der Waals surface area (Å²) in [5.41, 5.74) is 6.15. The van der Waals surface area contributed by atoms with Gasteiger partial charge in [0.1, 0.15) is 0 Å². The van der Waals surface area contributed by atoms with Gasteiger partial charge in [-0.2, -0.15) is 0 Å². The van der Waals surface area contributed by atoms with E-state index in [1.165, 1.54) is 38.5 Å². The zero-order chi connectivity index (χ0) is 14.6. The lowest BCUT2D eigenvalue weighted by Crippen LogP contribution is -2.50. The third-order valence-corrected chi connectivity index (χ3v) is 6.86. The van der Waals surface area contributed by atoms with Crippen LogP contribution in [0.3, 0.4) is 0 Å². The third-order valence-electron chi connectivity index (χ3n) is 6.59. The van der Waals surface area contributed by atoms with Crippen LogP contribution in [0.5, 0.6) is 0 Å². The van der Waals surface area contributed by atoms with E-state index in [0.717, 1.165) is 43.6 Å². The van der Waals surface area contributed by atoms with E-state index in [9.17, 15) is 4.79 Å². The molecule has 1 atom stereocenters. The van der Waals surface area contributed by atoms with Crippen LogP contribution >= 0.6 is 12.2 Å². The average molecular weight is 306 g/mol. The van der Waals surface area contributed by atoms with Crippen molar-refractivity contribution in [1.29, 1.82) is 0 Å². The van der Waals surface area contributed by atoms with Crippen molar-refractivity contribution in [2.45, 2.75) is 63.8 Å². The van der Waals surface area contributed by atoms with Crippen molar-refractivity contribution in [2.24, 2.45) is 28.9 Å². The van der Waals surface area contributed by atoms with E-state index in [1.54, 1.807) is 0 Å². The molecule has 5 fully saturated rings. The molecule has 1 unspecified atom stereocenters. The Hall–Kier alpha value is -0.640. The van der Waals surface area contributed by atoms with Crippen molar-refractivity contribution < 1.29 is 4.79 Å². The molecule has 4 aliphatic carbocycles. The van der Waals surface area contributed by atoms with Gasteiger partial charge in [0, 0.05) is 13.0 Å². The van der Waals surface area contributed by atoms with Gasteiger partial charge in [-0.3, -0.25) is 4.79 Å². The highest BCUT2D eigenvalue weighted by Gasteiger charge is 2.52. The number of hydrogen-bond acceptors (Lipinski definition) is 2. The molecule has 21 heavy (non-hydrogen) atoms. The van der Waals surface area contributed by atoms with Crippen LogP contribution in [0, 0.1) is 23.2 Å². The fourth-order valence-electron chi connectivity index (χ4n) is 6.29. The Morgan fingerprint density at radius 3 is 2.24 bits per heavy atom. The van der Waals surface area contributed by atoms with Gasteiger partial charge in [0.2, 0.25) is 5.91 Å². The van der Waals surface area contributed by atoms with E-state index in [4.69, 9.17) is 18.0 Å². The maximum absolute atomic E-state index is 12.9. The van der Waals surface area contributed by atoms with Crippen LogP contribution < -0.4 is 5.73 Å². The monoisotopic (exact) mass is 306 g/mol. The van der Waals surface area contributed by atoms with Crippen LogP contribution in [0.2, 0.25) is 0 Å². The van der Waals surface area contributed by atoms with E-state index in [2.05, 4.69) is 0 Å². The van der Waals surface area contributed by atoms with E-state index >= 15 is 0 Å². The average Bonchev–Trinajstić information content (AvgIpc) is 2.85. The molecule has 4 saturated carbocycles. The van der Waals surface area contributed by atoms with Crippen molar-refractivity contribution in [3.63, 3.8) is 0 Å². The number of hydrogen-bond donors (Lipinski definition) is 1. The van der Waals surface area contributed by atoms with Crippen LogP contribution in [0.4, 0.5) is 0 Å². The number of thiocarbonyl (C=S) groups is 1. The van der Waals surface area contributed by atoms with E-state index in [1.807, 2.05) is 4.90 Å². The standard InChI is InChI=1S/C17H26N2OS/c18-16(21)14-2-1-3-19(14)15(20)10-17-7-11-4-12(8-17)6-13(5-11)9-17/h11-14H,1-10H2,(H2,18,21). The summed E-state index contributed by atoms with van der Waals surface area (Å²) >= 11 is 5.15. The van der Waals surface area contributed by atoms with Crippen LogP contribution in [0.1, 0.15) is 57.8 Å². The minimum atomic E-state index is 0.0291. The SMILES string of the molecule is NC(=S)C1CCCN1C(=O)CC12CC3CC(CC(C3)C1)C2. The first kappa shape index (κ1) is 14.0. The topological polar surface area (TPSA) is 46.3 Å². The zero-order valence-electron chi connectivity index (χ0n) is 12.7. The Bertz CT molecular complexity index is 440. The molecule has 1 saturated heterocycles. The second kappa shape index (κ2) is 4.94. The summed E-state index contributed by atoms with van der Waals surface area (Å²) in [7, 11) is 0. The first-order valence-corrected chi connectivity index (χ1v) is 9.04. The summed E-state index contributed by atoms with van der Waals surface area (Å²) in [6.45, 7) is 0.854. The van der Waals surface area contributed by atoms with Crippen LogP contribution in [-0.2, 0) is 4.79 Å². The number of carbonyl (C=O) groups is 1. The molecule has 0 spiro atoms. The maximum atomic E-state index is 12.9.